The maximum Gasteiger partial charge on any atom is 0.165 e. The van der Waals surface area contributed by atoms with Crippen LogP contribution in [0.4, 0.5) is 5.69 Å². The summed E-state index contributed by atoms with van der Waals surface area (Å²) in [5, 5.41) is 5.01. The molecule has 0 saturated heterocycles. The molecule has 1 unspecified atom stereocenters. The molecule has 0 heterocycles. The van der Waals surface area contributed by atoms with E-state index >= 15 is 0 Å². The van der Waals surface area contributed by atoms with Crippen molar-refractivity contribution in [2.75, 3.05) is 5.32 Å². The Morgan fingerprint density at radius 2 is 1.57 bits per heavy atom. The van der Waals surface area contributed by atoms with Gasteiger partial charge in [0.05, 0.1) is 16.1 Å². The van der Waals surface area contributed by atoms with Crippen LogP contribution < -0.4 is 5.32 Å². The minimum atomic E-state index is -0.245. The molecular weight excluding hydrogens is 413 g/mol. The van der Waals surface area contributed by atoms with E-state index in [2.05, 4.69) is 24.4 Å². The number of halogens is 3. The van der Waals surface area contributed by atoms with Crippen LogP contribution in [0.1, 0.15) is 40.9 Å². The molecule has 0 saturated carbocycles. The highest BCUT2D eigenvalue weighted by Gasteiger charge is 2.18. The van der Waals surface area contributed by atoms with Gasteiger partial charge in [-0.2, -0.15) is 0 Å². The minimum Gasteiger partial charge on any atom is -0.378 e. The summed E-state index contributed by atoms with van der Waals surface area (Å²) in [7, 11) is 0. The summed E-state index contributed by atoms with van der Waals surface area (Å²) in [4.78, 5) is 12.8. The van der Waals surface area contributed by atoms with Crippen molar-refractivity contribution in [2.24, 2.45) is 0 Å². The van der Waals surface area contributed by atoms with E-state index in [1.807, 2.05) is 18.2 Å². The van der Waals surface area contributed by atoms with Gasteiger partial charge in [-0.05, 0) is 66.1 Å². The van der Waals surface area contributed by atoms with Crippen LogP contribution in [0.3, 0.4) is 0 Å². The lowest BCUT2D eigenvalue weighted by Crippen LogP contribution is -2.16. The van der Waals surface area contributed by atoms with Gasteiger partial charge >= 0.3 is 0 Å². The number of rotatable bonds is 7. The molecule has 28 heavy (non-hydrogen) atoms. The Hall–Kier alpha value is -2.00. The second kappa shape index (κ2) is 9.47. The van der Waals surface area contributed by atoms with Crippen LogP contribution in [0.2, 0.25) is 15.1 Å². The zero-order valence-electron chi connectivity index (χ0n) is 15.4. The normalized spacial score (nSPS) is 11.9. The van der Waals surface area contributed by atoms with E-state index in [1.165, 1.54) is 5.56 Å². The van der Waals surface area contributed by atoms with Crippen molar-refractivity contribution < 1.29 is 4.79 Å². The van der Waals surface area contributed by atoms with E-state index in [1.54, 1.807) is 36.4 Å². The molecule has 0 aliphatic carbocycles. The van der Waals surface area contributed by atoms with E-state index in [0.717, 1.165) is 17.7 Å². The lowest BCUT2D eigenvalue weighted by atomic mass is 9.97. The van der Waals surface area contributed by atoms with Gasteiger partial charge in [0.25, 0.3) is 0 Å². The fraction of sp³-hybridized carbons (Fsp3) is 0.174. The van der Waals surface area contributed by atoms with Gasteiger partial charge in [-0.3, -0.25) is 4.79 Å². The zero-order chi connectivity index (χ0) is 20.1. The number of anilines is 1. The molecular formula is C23H20Cl3NO. The smallest absolute Gasteiger partial charge is 0.165 e. The summed E-state index contributed by atoms with van der Waals surface area (Å²) in [6.45, 7) is 2.12. The third-order valence-corrected chi connectivity index (χ3v) is 5.60. The number of benzene rings is 3. The van der Waals surface area contributed by atoms with Crippen molar-refractivity contribution in [2.45, 2.75) is 25.8 Å². The average molecular weight is 433 g/mol. The third kappa shape index (κ3) is 5.29. The highest BCUT2D eigenvalue weighted by atomic mass is 35.5. The first-order chi connectivity index (χ1) is 13.5. The minimum absolute atomic E-state index is 0.0189. The SMILES string of the molecule is CCc1ccc(NC(CC(=O)c2ccc(Cl)cc2)c2ccc(Cl)c(Cl)c2)cc1. The highest BCUT2D eigenvalue weighted by Crippen LogP contribution is 2.30. The van der Waals surface area contributed by atoms with Gasteiger partial charge in [-0.1, -0.05) is 59.9 Å². The molecule has 3 rings (SSSR count). The molecule has 0 fully saturated rings. The largest absolute Gasteiger partial charge is 0.378 e. The molecule has 2 nitrogen and oxygen atoms in total. The van der Waals surface area contributed by atoms with Crippen molar-refractivity contribution in [3.8, 4) is 0 Å². The first-order valence-electron chi connectivity index (χ1n) is 9.05. The molecule has 0 amide bonds. The van der Waals surface area contributed by atoms with Crippen LogP contribution in [0.5, 0.6) is 0 Å². The highest BCUT2D eigenvalue weighted by molar-refractivity contribution is 6.42. The molecule has 0 bridgehead atoms. The van der Waals surface area contributed by atoms with Gasteiger partial charge in [0.1, 0.15) is 0 Å². The van der Waals surface area contributed by atoms with Crippen LogP contribution in [0.15, 0.2) is 66.7 Å². The Morgan fingerprint density at radius 1 is 0.893 bits per heavy atom. The first-order valence-corrected chi connectivity index (χ1v) is 10.2. The molecule has 1 N–H and O–H groups in total. The van der Waals surface area contributed by atoms with Crippen molar-refractivity contribution >= 4 is 46.3 Å². The number of carbonyl (C=O) groups excluding carboxylic acids is 1. The molecule has 1 atom stereocenters. The van der Waals surface area contributed by atoms with Gasteiger partial charge in [-0.25, -0.2) is 0 Å². The van der Waals surface area contributed by atoms with Gasteiger partial charge in [0.2, 0.25) is 0 Å². The molecule has 0 spiro atoms. The van der Waals surface area contributed by atoms with E-state index < -0.39 is 0 Å². The predicted molar refractivity (Wildman–Crippen MR) is 119 cm³/mol. The summed E-state index contributed by atoms with van der Waals surface area (Å²) >= 11 is 18.2. The fourth-order valence-electron chi connectivity index (χ4n) is 2.96. The van der Waals surface area contributed by atoms with Gasteiger partial charge < -0.3 is 5.32 Å². The molecule has 0 aromatic heterocycles. The van der Waals surface area contributed by atoms with E-state index in [4.69, 9.17) is 34.8 Å². The molecule has 3 aromatic rings. The summed E-state index contributed by atoms with van der Waals surface area (Å²) < 4.78 is 0. The molecule has 3 aromatic carbocycles. The number of hydrogen-bond donors (Lipinski definition) is 1. The number of Topliss-reactive ketones (excluding diaryl/α,β-unsaturated/α-hetero) is 1. The predicted octanol–water partition coefficient (Wildman–Crippen LogP) is 7.64. The van der Waals surface area contributed by atoms with Crippen LogP contribution in [-0.4, -0.2) is 5.78 Å². The quantitative estimate of drug-likeness (QED) is 0.389. The maximum atomic E-state index is 12.8. The number of nitrogens with one attached hydrogen (secondary N) is 1. The summed E-state index contributed by atoms with van der Waals surface area (Å²) in [5.74, 6) is 0.0189. The molecule has 144 valence electrons. The van der Waals surface area contributed by atoms with E-state index in [0.29, 0.717) is 20.6 Å². The number of ketones is 1. The zero-order valence-corrected chi connectivity index (χ0v) is 17.7. The third-order valence-electron chi connectivity index (χ3n) is 4.60. The Labute approximate surface area is 180 Å². The Morgan fingerprint density at radius 3 is 2.18 bits per heavy atom. The number of aryl methyl sites for hydroxylation is 1. The Balaban J connectivity index is 1.87. The lowest BCUT2D eigenvalue weighted by Gasteiger charge is -2.21. The van der Waals surface area contributed by atoms with Gasteiger partial charge in [-0.15, -0.1) is 0 Å². The fourth-order valence-corrected chi connectivity index (χ4v) is 3.39. The van der Waals surface area contributed by atoms with Crippen molar-refractivity contribution in [3.05, 3.63) is 98.5 Å². The lowest BCUT2D eigenvalue weighted by molar-refractivity contribution is 0.0976. The van der Waals surface area contributed by atoms with E-state index in [-0.39, 0.29) is 18.2 Å². The van der Waals surface area contributed by atoms with Crippen molar-refractivity contribution in [3.63, 3.8) is 0 Å². The standard InChI is InChI=1S/C23H20Cl3NO/c1-2-15-3-10-19(11-4-15)27-22(17-7-12-20(25)21(26)13-17)14-23(28)16-5-8-18(24)9-6-16/h3-13,22,27H,2,14H2,1H3. The topological polar surface area (TPSA) is 29.1 Å². The van der Waals surface area contributed by atoms with Gasteiger partial charge in [0.15, 0.2) is 5.78 Å². The summed E-state index contributed by atoms with van der Waals surface area (Å²) in [6.07, 6.45) is 1.25. The second-order valence-electron chi connectivity index (χ2n) is 6.56. The van der Waals surface area contributed by atoms with Gasteiger partial charge in [0, 0.05) is 22.7 Å². The Kier molecular flexibility index (Phi) is 7.01. The van der Waals surface area contributed by atoms with Crippen LogP contribution >= 0.6 is 34.8 Å². The van der Waals surface area contributed by atoms with Crippen molar-refractivity contribution in [1.29, 1.82) is 0 Å². The second-order valence-corrected chi connectivity index (χ2v) is 7.81. The molecule has 0 aliphatic rings. The summed E-state index contributed by atoms with van der Waals surface area (Å²) in [5.41, 5.74) is 3.72. The maximum absolute atomic E-state index is 12.8. The summed E-state index contributed by atoms with van der Waals surface area (Å²) in [6, 6.07) is 20.3. The van der Waals surface area contributed by atoms with Crippen LogP contribution in [0.25, 0.3) is 0 Å². The molecule has 0 radical (unpaired) electrons. The van der Waals surface area contributed by atoms with Crippen LogP contribution in [-0.2, 0) is 6.42 Å². The monoisotopic (exact) mass is 431 g/mol. The van der Waals surface area contributed by atoms with E-state index in [9.17, 15) is 4.79 Å². The van der Waals surface area contributed by atoms with Crippen LogP contribution in [0, 0.1) is 0 Å². The average Bonchev–Trinajstić information content (AvgIpc) is 2.70. The first kappa shape index (κ1) is 20.7. The molecule has 5 heteroatoms. The molecule has 0 aliphatic heterocycles. The number of carbonyl (C=O) groups is 1. The number of hydrogen-bond acceptors (Lipinski definition) is 2. The Bertz CT molecular complexity index is 953. The van der Waals surface area contributed by atoms with Crippen molar-refractivity contribution in [1.82, 2.24) is 0 Å².